The lowest BCUT2D eigenvalue weighted by molar-refractivity contribution is -0.136. The lowest BCUT2D eigenvalue weighted by Gasteiger charge is -2.35. The number of hydrogen-bond donors (Lipinski definition) is 2. The van der Waals surface area contributed by atoms with E-state index in [1.807, 2.05) is 0 Å². The lowest BCUT2D eigenvalue weighted by Crippen LogP contribution is -2.51. The Kier molecular flexibility index (Phi) is 6.09. The molecule has 1 aliphatic heterocycles. The Bertz CT molecular complexity index is 261. The molecule has 4 nitrogen and oxygen atoms in total. The van der Waals surface area contributed by atoms with E-state index in [1.165, 1.54) is 0 Å². The summed E-state index contributed by atoms with van der Waals surface area (Å²) < 4.78 is 5.33. The van der Waals surface area contributed by atoms with Crippen LogP contribution >= 0.6 is 0 Å². The van der Waals surface area contributed by atoms with E-state index in [-0.39, 0.29) is 11.9 Å². The summed E-state index contributed by atoms with van der Waals surface area (Å²) in [4.78, 5) is 12.4. The van der Waals surface area contributed by atoms with Gasteiger partial charge in [0.05, 0.1) is 5.41 Å². The molecule has 106 valence electrons. The van der Waals surface area contributed by atoms with Crippen LogP contribution < -0.4 is 11.1 Å². The first kappa shape index (κ1) is 15.4. The Balaban J connectivity index is 2.46. The highest BCUT2D eigenvalue weighted by Gasteiger charge is 2.39. The molecule has 3 N–H and O–H groups in total. The molecule has 18 heavy (non-hydrogen) atoms. The summed E-state index contributed by atoms with van der Waals surface area (Å²) in [5.74, 6) is 0.792. The Hall–Kier alpha value is -0.610. The number of ether oxygens (including phenoxy) is 1. The van der Waals surface area contributed by atoms with Crippen LogP contribution in [0.1, 0.15) is 46.5 Å². The molecule has 0 aromatic heterocycles. The van der Waals surface area contributed by atoms with Gasteiger partial charge < -0.3 is 15.8 Å². The predicted octanol–water partition coefficient (Wildman–Crippen LogP) is 1.68. The first-order valence-corrected chi connectivity index (χ1v) is 7.09. The number of nitrogens with two attached hydrogens (primary N) is 1. The molecule has 0 spiro atoms. The maximum absolute atomic E-state index is 12.4. The van der Waals surface area contributed by atoms with Gasteiger partial charge in [-0.15, -0.1) is 0 Å². The van der Waals surface area contributed by atoms with Crippen LogP contribution in [0.4, 0.5) is 0 Å². The molecule has 1 fully saturated rings. The van der Waals surface area contributed by atoms with E-state index in [1.54, 1.807) is 0 Å². The van der Waals surface area contributed by atoms with E-state index in [0.29, 0.717) is 25.7 Å². The Morgan fingerprint density at radius 2 is 1.89 bits per heavy atom. The summed E-state index contributed by atoms with van der Waals surface area (Å²) in [6, 6.07) is 0.228. The lowest BCUT2D eigenvalue weighted by atomic mass is 9.79. The molecule has 1 saturated heterocycles. The number of nitrogens with one attached hydrogen (secondary N) is 1. The van der Waals surface area contributed by atoms with Crippen LogP contribution in [0.3, 0.4) is 0 Å². The van der Waals surface area contributed by atoms with Gasteiger partial charge in [0.1, 0.15) is 0 Å². The van der Waals surface area contributed by atoms with Gasteiger partial charge in [0, 0.05) is 25.8 Å². The van der Waals surface area contributed by atoms with Crippen molar-refractivity contribution in [2.24, 2.45) is 17.1 Å². The smallest absolute Gasteiger partial charge is 0.227 e. The summed E-state index contributed by atoms with van der Waals surface area (Å²) in [5.41, 5.74) is 5.42. The quantitative estimate of drug-likeness (QED) is 0.760. The maximum Gasteiger partial charge on any atom is 0.227 e. The minimum absolute atomic E-state index is 0.115. The van der Waals surface area contributed by atoms with Crippen LogP contribution in [0.2, 0.25) is 0 Å². The second-order valence-corrected chi connectivity index (χ2v) is 5.94. The standard InChI is InChI=1S/C14H28N2O2/c1-11(2)4-5-12(3)16-13(17)14(10-15)6-8-18-9-7-14/h11-12H,4-10,15H2,1-3H3,(H,16,17). The predicted molar refractivity (Wildman–Crippen MR) is 73.2 cm³/mol. The summed E-state index contributed by atoms with van der Waals surface area (Å²) in [6.45, 7) is 8.18. The van der Waals surface area contributed by atoms with Crippen molar-refractivity contribution < 1.29 is 9.53 Å². The van der Waals surface area contributed by atoms with Gasteiger partial charge in [-0.2, -0.15) is 0 Å². The molecule has 1 atom stereocenters. The molecule has 0 radical (unpaired) electrons. The fraction of sp³-hybridized carbons (Fsp3) is 0.929. The third-order valence-corrected chi connectivity index (χ3v) is 3.88. The SMILES string of the molecule is CC(C)CCC(C)NC(=O)C1(CN)CCOCC1. The normalized spacial score (nSPS) is 20.7. The summed E-state index contributed by atoms with van der Waals surface area (Å²) in [7, 11) is 0. The van der Waals surface area contributed by atoms with Gasteiger partial charge in [0.25, 0.3) is 0 Å². The Morgan fingerprint density at radius 1 is 1.28 bits per heavy atom. The molecule has 4 heteroatoms. The largest absolute Gasteiger partial charge is 0.381 e. The minimum atomic E-state index is -0.398. The van der Waals surface area contributed by atoms with Crippen LogP contribution in [0.25, 0.3) is 0 Å². The first-order valence-electron chi connectivity index (χ1n) is 7.09. The van der Waals surface area contributed by atoms with Crippen molar-refractivity contribution in [3.8, 4) is 0 Å². The summed E-state index contributed by atoms with van der Waals surface area (Å²) in [5, 5.41) is 3.12. The van der Waals surface area contributed by atoms with Crippen LogP contribution in [0.15, 0.2) is 0 Å². The molecular formula is C14H28N2O2. The number of carbonyl (C=O) groups is 1. The van der Waals surface area contributed by atoms with E-state index in [9.17, 15) is 4.79 Å². The monoisotopic (exact) mass is 256 g/mol. The molecule has 0 aromatic carbocycles. The second-order valence-electron chi connectivity index (χ2n) is 5.94. The average molecular weight is 256 g/mol. The molecular weight excluding hydrogens is 228 g/mol. The van der Waals surface area contributed by atoms with E-state index >= 15 is 0 Å². The van der Waals surface area contributed by atoms with E-state index in [4.69, 9.17) is 10.5 Å². The van der Waals surface area contributed by atoms with Crippen molar-refractivity contribution in [3.05, 3.63) is 0 Å². The zero-order valence-corrected chi connectivity index (χ0v) is 12.0. The van der Waals surface area contributed by atoms with Gasteiger partial charge in [0.15, 0.2) is 0 Å². The van der Waals surface area contributed by atoms with Crippen molar-refractivity contribution >= 4 is 5.91 Å². The Labute approximate surface area is 111 Å². The summed E-state index contributed by atoms with van der Waals surface area (Å²) in [6.07, 6.45) is 3.65. The molecule has 1 heterocycles. The molecule has 1 unspecified atom stereocenters. The van der Waals surface area contributed by atoms with Crippen LogP contribution in [-0.4, -0.2) is 31.7 Å². The average Bonchev–Trinajstić information content (AvgIpc) is 2.37. The van der Waals surface area contributed by atoms with Gasteiger partial charge in [0.2, 0.25) is 5.91 Å². The summed E-state index contributed by atoms with van der Waals surface area (Å²) >= 11 is 0. The van der Waals surface area contributed by atoms with Crippen LogP contribution in [0, 0.1) is 11.3 Å². The molecule has 1 amide bonds. The van der Waals surface area contributed by atoms with Gasteiger partial charge in [-0.25, -0.2) is 0 Å². The van der Waals surface area contributed by atoms with Crippen molar-refractivity contribution in [2.45, 2.75) is 52.5 Å². The second kappa shape index (κ2) is 7.10. The fourth-order valence-corrected chi connectivity index (χ4v) is 2.32. The molecule has 1 aliphatic rings. The van der Waals surface area contributed by atoms with Crippen molar-refractivity contribution in [1.29, 1.82) is 0 Å². The third kappa shape index (κ3) is 4.25. The third-order valence-electron chi connectivity index (χ3n) is 3.88. The van der Waals surface area contributed by atoms with Crippen molar-refractivity contribution in [3.63, 3.8) is 0 Å². The van der Waals surface area contributed by atoms with Gasteiger partial charge in [-0.05, 0) is 38.5 Å². The Morgan fingerprint density at radius 3 is 2.39 bits per heavy atom. The first-order chi connectivity index (χ1) is 8.50. The highest BCUT2D eigenvalue weighted by atomic mass is 16.5. The van der Waals surface area contributed by atoms with E-state index < -0.39 is 5.41 Å². The van der Waals surface area contributed by atoms with Crippen molar-refractivity contribution in [2.75, 3.05) is 19.8 Å². The highest BCUT2D eigenvalue weighted by Crippen LogP contribution is 2.29. The van der Waals surface area contributed by atoms with Gasteiger partial charge in [-0.3, -0.25) is 4.79 Å². The van der Waals surface area contributed by atoms with Crippen molar-refractivity contribution in [1.82, 2.24) is 5.32 Å². The number of carbonyl (C=O) groups excluding carboxylic acids is 1. The van der Waals surface area contributed by atoms with Gasteiger partial charge >= 0.3 is 0 Å². The number of amides is 1. The fourth-order valence-electron chi connectivity index (χ4n) is 2.32. The topological polar surface area (TPSA) is 64.4 Å². The molecule has 1 rings (SSSR count). The highest BCUT2D eigenvalue weighted by molar-refractivity contribution is 5.83. The van der Waals surface area contributed by atoms with Crippen LogP contribution in [0.5, 0.6) is 0 Å². The van der Waals surface area contributed by atoms with Crippen LogP contribution in [-0.2, 0) is 9.53 Å². The molecule has 0 aromatic rings. The number of rotatable bonds is 6. The molecule has 0 bridgehead atoms. The molecule has 0 aliphatic carbocycles. The zero-order valence-electron chi connectivity index (χ0n) is 12.0. The zero-order chi connectivity index (χ0) is 13.6. The van der Waals surface area contributed by atoms with Gasteiger partial charge in [-0.1, -0.05) is 13.8 Å². The van der Waals surface area contributed by atoms with E-state index in [0.717, 1.165) is 25.7 Å². The minimum Gasteiger partial charge on any atom is -0.381 e. The number of hydrogen-bond acceptors (Lipinski definition) is 3. The molecule has 0 saturated carbocycles. The maximum atomic E-state index is 12.4. The van der Waals surface area contributed by atoms with E-state index in [2.05, 4.69) is 26.1 Å².